The summed E-state index contributed by atoms with van der Waals surface area (Å²) >= 11 is 0. The Morgan fingerprint density at radius 3 is 2.71 bits per heavy atom. The fraction of sp³-hybridized carbons (Fsp3) is 0.375. The molecule has 1 saturated heterocycles. The van der Waals surface area contributed by atoms with E-state index in [0.29, 0.717) is 42.5 Å². The number of imidazole rings is 1. The molecule has 3 heterocycles. The van der Waals surface area contributed by atoms with Crippen molar-refractivity contribution in [3.8, 4) is 5.69 Å². The molecule has 2 aliphatic rings. The number of carbonyl (C=O) groups is 1. The topological polar surface area (TPSA) is 89.1 Å². The zero-order valence-electron chi connectivity index (χ0n) is 19.1. The molecule has 0 bridgehead atoms. The number of amides is 1. The molecule has 2 aromatic rings. The highest BCUT2D eigenvalue weighted by molar-refractivity contribution is 5.96. The maximum atomic E-state index is 13.7. The average Bonchev–Trinajstić information content (AvgIpc) is 3.44. The Labute approximate surface area is 200 Å². The number of fused-ring (bicyclic) bond motifs is 1. The maximum absolute atomic E-state index is 13.7. The molecule has 2 aromatic heterocycles. The number of nitrogens with one attached hydrogen (secondary N) is 1. The van der Waals surface area contributed by atoms with Crippen LogP contribution in [0.2, 0.25) is 0 Å². The first-order valence-corrected chi connectivity index (χ1v) is 11.1. The highest BCUT2D eigenvalue weighted by atomic mass is 19.4. The third kappa shape index (κ3) is 5.55. The van der Waals surface area contributed by atoms with Crippen molar-refractivity contribution >= 4 is 5.91 Å². The van der Waals surface area contributed by atoms with Crippen molar-refractivity contribution in [3.63, 3.8) is 0 Å². The zero-order valence-corrected chi connectivity index (χ0v) is 19.1. The molecule has 1 aliphatic carbocycles. The van der Waals surface area contributed by atoms with Gasteiger partial charge in [0.05, 0.1) is 17.5 Å². The average molecular weight is 491 g/mol. The number of aryl methyl sites for hydroxylation is 1. The number of alkyl halides is 3. The molecule has 0 aromatic carbocycles. The number of hydrogen-bond acceptors (Lipinski definition) is 5. The van der Waals surface area contributed by atoms with E-state index in [4.69, 9.17) is 5.73 Å². The predicted octanol–water partition coefficient (Wildman–Crippen LogP) is 3.63. The molecule has 1 aliphatic heterocycles. The monoisotopic (exact) mass is 490 g/mol. The van der Waals surface area contributed by atoms with Crippen molar-refractivity contribution in [1.29, 1.82) is 0 Å². The van der Waals surface area contributed by atoms with E-state index < -0.39 is 17.7 Å². The Morgan fingerprint density at radius 1 is 1.29 bits per heavy atom. The minimum Gasteiger partial charge on any atom is -0.404 e. The minimum absolute atomic E-state index is 0.188. The fourth-order valence-corrected chi connectivity index (χ4v) is 4.37. The van der Waals surface area contributed by atoms with Crippen molar-refractivity contribution in [3.05, 3.63) is 78.2 Å². The van der Waals surface area contributed by atoms with Gasteiger partial charge in [-0.2, -0.15) is 17.6 Å². The molecule has 1 amide bonds. The van der Waals surface area contributed by atoms with Gasteiger partial charge < -0.3 is 20.5 Å². The van der Waals surface area contributed by atoms with E-state index in [1.807, 2.05) is 0 Å². The third-order valence-electron chi connectivity index (χ3n) is 6.36. The van der Waals surface area contributed by atoms with Crippen LogP contribution in [0, 0.1) is 24.7 Å². The first-order chi connectivity index (χ1) is 16.6. The first kappa shape index (κ1) is 24.5. The van der Waals surface area contributed by atoms with Crippen LogP contribution < -0.4 is 11.1 Å². The zero-order chi connectivity index (χ0) is 25.3. The van der Waals surface area contributed by atoms with E-state index in [2.05, 4.69) is 21.9 Å². The normalized spacial score (nSPS) is 22.3. The molecule has 3 atom stereocenters. The van der Waals surface area contributed by atoms with Gasteiger partial charge in [0.2, 0.25) is 5.95 Å². The lowest BCUT2D eigenvalue weighted by Gasteiger charge is -2.36. The summed E-state index contributed by atoms with van der Waals surface area (Å²) in [6.45, 7) is 6.39. The van der Waals surface area contributed by atoms with E-state index in [0.717, 1.165) is 18.9 Å². The number of likely N-dealkylation sites (tertiary alicyclic amines) is 1. The number of halogens is 4. The molecule has 186 valence electrons. The van der Waals surface area contributed by atoms with Crippen LogP contribution >= 0.6 is 0 Å². The number of hydrogen-bond donors (Lipinski definition) is 2. The summed E-state index contributed by atoms with van der Waals surface area (Å²) in [5, 5.41) is 3.02. The lowest BCUT2D eigenvalue weighted by molar-refractivity contribution is -0.0883. The molecule has 7 nitrogen and oxygen atoms in total. The van der Waals surface area contributed by atoms with Crippen molar-refractivity contribution in [2.45, 2.75) is 32.0 Å². The summed E-state index contributed by atoms with van der Waals surface area (Å²) in [4.78, 5) is 23.5. The Bertz CT molecular complexity index is 1180. The predicted molar refractivity (Wildman–Crippen MR) is 122 cm³/mol. The number of nitrogens with zero attached hydrogens (tertiary/aromatic N) is 4. The van der Waals surface area contributed by atoms with Crippen LogP contribution in [0.5, 0.6) is 0 Å². The van der Waals surface area contributed by atoms with Crippen LogP contribution in [0.1, 0.15) is 29.0 Å². The smallest absolute Gasteiger partial charge is 0.404 e. The largest absolute Gasteiger partial charge is 0.417 e. The van der Waals surface area contributed by atoms with Gasteiger partial charge >= 0.3 is 6.18 Å². The molecule has 1 saturated carbocycles. The standard InChI is InChI=1S/C24H26F4N6O/c1-14(3-5-18(9-29)24(26,27)28)30-10-19-8-16-7-17(16)11-34(19)23(35)22-20(6-4-15(2)32-22)33-12-21(25)31-13-33/h3-6,9,12-13,16-17,19,30H,1,7-8,10-11,29H2,2H3/b5-3-,18-9+/t16-,17+,19?/m1/s1. The molecule has 0 spiro atoms. The van der Waals surface area contributed by atoms with Gasteiger partial charge in [0, 0.05) is 36.7 Å². The maximum Gasteiger partial charge on any atom is 0.417 e. The fourth-order valence-electron chi connectivity index (χ4n) is 4.37. The molecule has 2 fully saturated rings. The van der Waals surface area contributed by atoms with Crippen molar-refractivity contribution < 1.29 is 22.4 Å². The summed E-state index contributed by atoms with van der Waals surface area (Å²) in [6.07, 6.45) is 2.24. The second-order valence-corrected chi connectivity index (χ2v) is 8.89. The van der Waals surface area contributed by atoms with Gasteiger partial charge in [0.1, 0.15) is 6.33 Å². The quantitative estimate of drug-likeness (QED) is 0.457. The van der Waals surface area contributed by atoms with Gasteiger partial charge in [-0.1, -0.05) is 6.58 Å². The van der Waals surface area contributed by atoms with Gasteiger partial charge in [-0.05, 0) is 55.9 Å². The van der Waals surface area contributed by atoms with Crippen LogP contribution in [0.15, 0.2) is 60.9 Å². The van der Waals surface area contributed by atoms with Crippen LogP contribution in [-0.2, 0) is 0 Å². The summed E-state index contributed by atoms with van der Waals surface area (Å²) < 4.78 is 53.5. The number of aromatic nitrogens is 3. The number of nitrogens with two attached hydrogens (primary N) is 1. The van der Waals surface area contributed by atoms with E-state index in [9.17, 15) is 22.4 Å². The van der Waals surface area contributed by atoms with Gasteiger partial charge in [-0.25, -0.2) is 9.97 Å². The summed E-state index contributed by atoms with van der Waals surface area (Å²) in [6, 6.07) is 3.22. The molecule has 3 N–H and O–H groups in total. The van der Waals surface area contributed by atoms with Gasteiger partial charge in [-0.3, -0.25) is 4.79 Å². The van der Waals surface area contributed by atoms with Crippen molar-refractivity contribution in [2.24, 2.45) is 17.6 Å². The van der Waals surface area contributed by atoms with Gasteiger partial charge in [0.25, 0.3) is 5.91 Å². The van der Waals surface area contributed by atoms with Crippen LogP contribution in [0.4, 0.5) is 17.6 Å². The number of carbonyl (C=O) groups excluding carboxylic acids is 1. The summed E-state index contributed by atoms with van der Waals surface area (Å²) in [7, 11) is 0. The SMILES string of the molecule is C=C(/C=C\C(=C/N)C(F)(F)F)NCC1C[C@H]2C[C@H]2CN1C(=O)c1nc(C)ccc1-n1cnc(F)c1. The minimum atomic E-state index is -4.56. The van der Waals surface area contributed by atoms with E-state index in [1.54, 1.807) is 24.0 Å². The molecule has 11 heteroatoms. The van der Waals surface area contributed by atoms with Gasteiger partial charge in [0.15, 0.2) is 5.69 Å². The lowest BCUT2D eigenvalue weighted by atomic mass is 10.0. The Morgan fingerprint density at radius 2 is 2.06 bits per heavy atom. The van der Waals surface area contributed by atoms with Gasteiger partial charge in [-0.15, -0.1) is 0 Å². The number of pyridine rings is 1. The van der Waals surface area contributed by atoms with Crippen molar-refractivity contribution in [1.82, 2.24) is 24.8 Å². The Hall–Kier alpha value is -3.63. The first-order valence-electron chi connectivity index (χ1n) is 11.1. The molecular weight excluding hydrogens is 464 g/mol. The van der Waals surface area contributed by atoms with Crippen LogP contribution in [0.25, 0.3) is 5.69 Å². The highest BCUT2D eigenvalue weighted by Crippen LogP contribution is 2.47. The molecule has 4 rings (SSSR count). The number of rotatable bonds is 7. The Balaban J connectivity index is 1.51. The second-order valence-electron chi connectivity index (χ2n) is 8.89. The van der Waals surface area contributed by atoms with E-state index in [-0.39, 0.29) is 23.3 Å². The molecule has 0 radical (unpaired) electrons. The summed E-state index contributed by atoms with van der Waals surface area (Å²) in [5.74, 6) is -0.0308. The molecular formula is C24H26F4N6O. The number of piperidine rings is 1. The lowest BCUT2D eigenvalue weighted by Crippen LogP contribution is -2.49. The van der Waals surface area contributed by atoms with E-state index in [1.165, 1.54) is 23.2 Å². The van der Waals surface area contributed by atoms with Crippen LogP contribution in [-0.4, -0.2) is 50.6 Å². The molecule has 35 heavy (non-hydrogen) atoms. The highest BCUT2D eigenvalue weighted by Gasteiger charge is 2.47. The molecule has 1 unspecified atom stereocenters. The van der Waals surface area contributed by atoms with Crippen LogP contribution in [0.3, 0.4) is 0 Å². The summed E-state index contributed by atoms with van der Waals surface area (Å²) in [5.41, 5.74) is 5.60. The number of allylic oxidation sites excluding steroid dienone is 3. The second kappa shape index (κ2) is 9.55. The van der Waals surface area contributed by atoms with Crippen molar-refractivity contribution in [2.75, 3.05) is 13.1 Å². The van der Waals surface area contributed by atoms with E-state index >= 15 is 0 Å². The third-order valence-corrected chi connectivity index (χ3v) is 6.36. The Kier molecular flexibility index (Phi) is 6.68.